The summed E-state index contributed by atoms with van der Waals surface area (Å²) < 4.78 is 0. The van der Waals surface area contributed by atoms with Gasteiger partial charge in [0, 0.05) is 21.0 Å². The molecular formula is C17H14N2O2S2. The Kier molecular flexibility index (Phi) is 4.36. The molecule has 6 heteroatoms. The van der Waals surface area contributed by atoms with Gasteiger partial charge in [0.05, 0.1) is 5.69 Å². The minimum absolute atomic E-state index is 0.265. The van der Waals surface area contributed by atoms with Gasteiger partial charge in [0.25, 0.3) is 0 Å². The topological polar surface area (TPSA) is 76.2 Å². The summed E-state index contributed by atoms with van der Waals surface area (Å²) in [7, 11) is 0. The number of nitrogens with zero attached hydrogens (tertiary/aromatic N) is 1. The number of aryl methyl sites for hydroxylation is 1. The molecule has 3 rings (SSSR count). The number of anilines is 1. The number of carboxylic acid groups (broad SMARTS) is 1. The van der Waals surface area contributed by atoms with Crippen molar-refractivity contribution in [1.29, 1.82) is 0 Å². The van der Waals surface area contributed by atoms with E-state index in [-0.39, 0.29) is 4.88 Å². The summed E-state index contributed by atoms with van der Waals surface area (Å²) in [5.74, 6) is -0.949. The summed E-state index contributed by atoms with van der Waals surface area (Å²) in [6.07, 6.45) is 0. The minimum atomic E-state index is -0.949. The van der Waals surface area contributed by atoms with Gasteiger partial charge in [-0.3, -0.25) is 0 Å². The Labute approximate surface area is 142 Å². The number of hydrogen-bond donors (Lipinski definition) is 2. The standard InChI is InChI=1S/C17H14N2O2S2/c1-10-15(17(20)21)23-16(19-10)11-7-8-14(13(18)9-11)22-12-5-3-2-4-6-12/h2-9H,18H2,1H3,(H,20,21). The zero-order valence-corrected chi connectivity index (χ0v) is 13.9. The maximum atomic E-state index is 11.1. The van der Waals surface area contributed by atoms with Crippen LogP contribution in [-0.2, 0) is 0 Å². The summed E-state index contributed by atoms with van der Waals surface area (Å²) in [6.45, 7) is 1.70. The normalized spacial score (nSPS) is 10.7. The first-order valence-electron chi connectivity index (χ1n) is 6.88. The molecule has 0 radical (unpaired) electrons. The molecule has 3 aromatic rings. The Balaban J connectivity index is 1.90. The Morgan fingerprint density at radius 1 is 1.22 bits per heavy atom. The molecule has 0 aliphatic rings. The van der Waals surface area contributed by atoms with E-state index in [9.17, 15) is 4.79 Å². The van der Waals surface area contributed by atoms with Crippen molar-refractivity contribution in [3.05, 3.63) is 59.1 Å². The first kappa shape index (κ1) is 15.6. The van der Waals surface area contributed by atoms with E-state index < -0.39 is 5.97 Å². The van der Waals surface area contributed by atoms with E-state index in [1.54, 1.807) is 18.7 Å². The smallest absolute Gasteiger partial charge is 0.347 e. The molecule has 116 valence electrons. The molecule has 0 unspecified atom stereocenters. The second-order valence-electron chi connectivity index (χ2n) is 4.91. The summed E-state index contributed by atoms with van der Waals surface area (Å²) >= 11 is 2.76. The summed E-state index contributed by atoms with van der Waals surface area (Å²) in [5, 5.41) is 9.80. The molecule has 23 heavy (non-hydrogen) atoms. The van der Waals surface area contributed by atoms with Crippen molar-refractivity contribution < 1.29 is 9.90 Å². The molecule has 3 N–H and O–H groups in total. The lowest BCUT2D eigenvalue weighted by Crippen LogP contribution is -1.94. The van der Waals surface area contributed by atoms with Gasteiger partial charge >= 0.3 is 5.97 Å². The quantitative estimate of drug-likeness (QED) is 0.680. The van der Waals surface area contributed by atoms with Gasteiger partial charge in [-0.2, -0.15) is 0 Å². The van der Waals surface area contributed by atoms with Crippen LogP contribution in [0.25, 0.3) is 10.6 Å². The number of nitrogens with two attached hydrogens (primary N) is 1. The van der Waals surface area contributed by atoms with Crippen LogP contribution in [-0.4, -0.2) is 16.1 Å². The Bertz CT molecular complexity index is 860. The average molecular weight is 342 g/mol. The first-order chi connectivity index (χ1) is 11.0. The van der Waals surface area contributed by atoms with E-state index in [2.05, 4.69) is 4.98 Å². The SMILES string of the molecule is Cc1nc(-c2ccc(Sc3ccccc3)c(N)c2)sc1C(=O)O. The summed E-state index contributed by atoms with van der Waals surface area (Å²) in [6, 6.07) is 15.7. The van der Waals surface area contributed by atoms with Crippen LogP contribution in [0, 0.1) is 6.92 Å². The zero-order valence-electron chi connectivity index (χ0n) is 12.3. The Morgan fingerprint density at radius 2 is 1.96 bits per heavy atom. The molecule has 0 aliphatic carbocycles. The van der Waals surface area contributed by atoms with Gasteiger partial charge in [0.1, 0.15) is 9.88 Å². The van der Waals surface area contributed by atoms with Gasteiger partial charge in [-0.15, -0.1) is 11.3 Å². The lowest BCUT2D eigenvalue weighted by molar-refractivity contribution is 0.0701. The molecule has 0 fully saturated rings. The molecule has 4 nitrogen and oxygen atoms in total. The van der Waals surface area contributed by atoms with E-state index in [4.69, 9.17) is 10.8 Å². The van der Waals surface area contributed by atoms with Crippen molar-refractivity contribution in [3.63, 3.8) is 0 Å². The van der Waals surface area contributed by atoms with Crippen LogP contribution < -0.4 is 5.73 Å². The molecule has 0 amide bonds. The van der Waals surface area contributed by atoms with Crippen LogP contribution in [0.2, 0.25) is 0 Å². The van der Waals surface area contributed by atoms with Crippen LogP contribution in [0.15, 0.2) is 58.3 Å². The minimum Gasteiger partial charge on any atom is -0.477 e. The molecule has 2 aromatic carbocycles. The fourth-order valence-electron chi connectivity index (χ4n) is 2.11. The van der Waals surface area contributed by atoms with Gasteiger partial charge in [-0.1, -0.05) is 36.0 Å². The predicted molar refractivity (Wildman–Crippen MR) is 94.2 cm³/mol. The van der Waals surface area contributed by atoms with Gasteiger partial charge in [0.2, 0.25) is 0 Å². The van der Waals surface area contributed by atoms with E-state index >= 15 is 0 Å². The highest BCUT2D eigenvalue weighted by Gasteiger charge is 2.15. The lowest BCUT2D eigenvalue weighted by Gasteiger charge is -2.07. The third-order valence-electron chi connectivity index (χ3n) is 3.22. The van der Waals surface area contributed by atoms with Gasteiger partial charge < -0.3 is 10.8 Å². The van der Waals surface area contributed by atoms with Crippen molar-refractivity contribution >= 4 is 34.8 Å². The second kappa shape index (κ2) is 6.44. The molecule has 0 saturated heterocycles. The third kappa shape index (κ3) is 3.38. The Hall–Kier alpha value is -2.31. The number of rotatable bonds is 4. The van der Waals surface area contributed by atoms with Crippen LogP contribution in [0.3, 0.4) is 0 Å². The molecule has 0 bridgehead atoms. The highest BCUT2D eigenvalue weighted by atomic mass is 32.2. The number of benzene rings is 2. The molecule has 1 aromatic heterocycles. The van der Waals surface area contributed by atoms with Crippen molar-refractivity contribution in [2.75, 3.05) is 5.73 Å². The average Bonchev–Trinajstić information content (AvgIpc) is 2.92. The fraction of sp³-hybridized carbons (Fsp3) is 0.0588. The van der Waals surface area contributed by atoms with Gasteiger partial charge in [-0.25, -0.2) is 9.78 Å². The van der Waals surface area contributed by atoms with Gasteiger partial charge in [-0.05, 0) is 31.2 Å². The summed E-state index contributed by atoms with van der Waals surface area (Å²) in [4.78, 5) is 17.8. The maximum absolute atomic E-state index is 11.1. The second-order valence-corrected chi connectivity index (χ2v) is 7.02. The number of carboxylic acids is 1. The van der Waals surface area contributed by atoms with Crippen LogP contribution in [0.5, 0.6) is 0 Å². The lowest BCUT2D eigenvalue weighted by atomic mass is 10.2. The largest absolute Gasteiger partial charge is 0.477 e. The van der Waals surface area contributed by atoms with Crippen molar-refractivity contribution in [2.45, 2.75) is 16.7 Å². The molecule has 1 heterocycles. The highest BCUT2D eigenvalue weighted by Crippen LogP contribution is 2.36. The maximum Gasteiger partial charge on any atom is 0.347 e. The fourth-order valence-corrected chi connectivity index (χ4v) is 3.87. The molecule has 0 spiro atoms. The summed E-state index contributed by atoms with van der Waals surface area (Å²) in [5.41, 5.74) is 8.17. The number of carbonyl (C=O) groups is 1. The third-order valence-corrected chi connectivity index (χ3v) is 5.51. The number of thiazole rings is 1. The van der Waals surface area contributed by atoms with E-state index in [1.807, 2.05) is 48.5 Å². The highest BCUT2D eigenvalue weighted by molar-refractivity contribution is 7.99. The predicted octanol–water partition coefficient (Wildman–Crippen LogP) is 4.55. The monoisotopic (exact) mass is 342 g/mol. The van der Waals surface area contributed by atoms with Crippen LogP contribution in [0.1, 0.15) is 15.4 Å². The number of nitrogen functional groups attached to an aromatic ring is 1. The van der Waals surface area contributed by atoms with Crippen molar-refractivity contribution in [3.8, 4) is 10.6 Å². The number of aromatic nitrogens is 1. The van der Waals surface area contributed by atoms with Crippen LogP contribution in [0.4, 0.5) is 5.69 Å². The zero-order chi connectivity index (χ0) is 16.4. The molecular weight excluding hydrogens is 328 g/mol. The molecule has 0 aliphatic heterocycles. The Morgan fingerprint density at radius 3 is 2.57 bits per heavy atom. The number of hydrogen-bond acceptors (Lipinski definition) is 5. The molecule has 0 atom stereocenters. The van der Waals surface area contributed by atoms with Gasteiger partial charge in [0.15, 0.2) is 0 Å². The number of aromatic carboxylic acids is 1. The first-order valence-corrected chi connectivity index (χ1v) is 8.51. The van der Waals surface area contributed by atoms with E-state index in [0.29, 0.717) is 16.4 Å². The van der Waals surface area contributed by atoms with Crippen LogP contribution >= 0.6 is 23.1 Å². The van der Waals surface area contributed by atoms with E-state index in [1.165, 1.54) is 11.3 Å². The van der Waals surface area contributed by atoms with E-state index in [0.717, 1.165) is 15.4 Å². The van der Waals surface area contributed by atoms with Crippen molar-refractivity contribution in [2.24, 2.45) is 0 Å². The molecule has 0 saturated carbocycles. The van der Waals surface area contributed by atoms with Crippen molar-refractivity contribution in [1.82, 2.24) is 4.98 Å².